The summed E-state index contributed by atoms with van der Waals surface area (Å²) in [7, 11) is 0. The standard InChI is InChI=1S/C20H28N2O3S/c23-18(21-9-11-26-12-10-21)16-15-7-8-20(25-15)13-22(19(24)17(16)20)14-5-3-1-2-4-6-14/h7-8,14-17H,1-6,9-13H2/t15-,16+,17-,20-/m0/s1. The molecule has 5 nitrogen and oxygen atoms in total. The first-order valence-electron chi connectivity index (χ1n) is 10.2. The third-order valence-corrected chi connectivity index (χ3v) is 7.95. The molecular weight excluding hydrogens is 348 g/mol. The van der Waals surface area contributed by atoms with E-state index in [9.17, 15) is 9.59 Å². The van der Waals surface area contributed by atoms with Crippen molar-refractivity contribution in [3.63, 3.8) is 0 Å². The van der Waals surface area contributed by atoms with E-state index in [4.69, 9.17) is 4.74 Å². The van der Waals surface area contributed by atoms with Crippen molar-refractivity contribution < 1.29 is 14.3 Å². The topological polar surface area (TPSA) is 49.9 Å². The first kappa shape index (κ1) is 17.1. The highest BCUT2D eigenvalue weighted by Crippen LogP contribution is 2.53. The van der Waals surface area contributed by atoms with Gasteiger partial charge in [0.25, 0.3) is 0 Å². The van der Waals surface area contributed by atoms with Gasteiger partial charge in [0.2, 0.25) is 11.8 Å². The number of carbonyl (C=O) groups is 2. The summed E-state index contributed by atoms with van der Waals surface area (Å²) in [4.78, 5) is 30.7. The molecule has 4 aliphatic heterocycles. The van der Waals surface area contributed by atoms with Crippen LogP contribution >= 0.6 is 11.8 Å². The van der Waals surface area contributed by atoms with Gasteiger partial charge in [-0.1, -0.05) is 37.8 Å². The van der Waals surface area contributed by atoms with Crippen LogP contribution in [0.25, 0.3) is 0 Å². The third-order valence-electron chi connectivity index (χ3n) is 7.00. The van der Waals surface area contributed by atoms with Gasteiger partial charge in [-0.25, -0.2) is 0 Å². The van der Waals surface area contributed by atoms with Gasteiger partial charge in [-0.15, -0.1) is 0 Å². The number of likely N-dealkylation sites (tertiary alicyclic amines) is 1. The molecule has 1 aliphatic carbocycles. The van der Waals surface area contributed by atoms with E-state index >= 15 is 0 Å². The Kier molecular flexibility index (Phi) is 4.31. The van der Waals surface area contributed by atoms with Gasteiger partial charge in [0, 0.05) is 30.6 Å². The predicted octanol–water partition coefficient (Wildman–Crippen LogP) is 2.07. The lowest BCUT2D eigenvalue weighted by molar-refractivity contribution is -0.144. The van der Waals surface area contributed by atoms with E-state index in [2.05, 4.69) is 11.0 Å². The smallest absolute Gasteiger partial charge is 0.230 e. The van der Waals surface area contributed by atoms with Gasteiger partial charge >= 0.3 is 0 Å². The highest BCUT2D eigenvalue weighted by atomic mass is 32.2. The molecule has 4 heterocycles. The molecule has 1 saturated carbocycles. The number of rotatable bonds is 2. The molecule has 0 aromatic heterocycles. The summed E-state index contributed by atoms with van der Waals surface area (Å²) < 4.78 is 6.30. The van der Waals surface area contributed by atoms with Crippen molar-refractivity contribution in [2.75, 3.05) is 31.1 Å². The van der Waals surface area contributed by atoms with E-state index in [0.717, 1.165) is 37.4 Å². The van der Waals surface area contributed by atoms with Gasteiger partial charge in [0.15, 0.2) is 0 Å². The molecule has 0 radical (unpaired) electrons. The number of ether oxygens (including phenoxy) is 1. The van der Waals surface area contributed by atoms with Crippen LogP contribution in [0.5, 0.6) is 0 Å². The first-order valence-corrected chi connectivity index (χ1v) is 11.4. The molecule has 3 saturated heterocycles. The van der Waals surface area contributed by atoms with Crippen LogP contribution in [-0.4, -0.2) is 70.5 Å². The van der Waals surface area contributed by atoms with Crippen LogP contribution in [0.1, 0.15) is 38.5 Å². The molecular formula is C20H28N2O3S. The number of thioether (sulfide) groups is 1. The number of amides is 2. The summed E-state index contributed by atoms with van der Waals surface area (Å²) in [5.74, 6) is 1.69. The van der Waals surface area contributed by atoms with E-state index in [0.29, 0.717) is 12.6 Å². The fourth-order valence-electron chi connectivity index (χ4n) is 5.68. The van der Waals surface area contributed by atoms with Gasteiger partial charge in [-0.05, 0) is 12.8 Å². The molecule has 1 spiro atoms. The fraction of sp³-hybridized carbons (Fsp3) is 0.800. The summed E-state index contributed by atoms with van der Waals surface area (Å²) >= 11 is 1.90. The molecule has 4 atom stereocenters. The Hall–Kier alpha value is -1.01. The number of carbonyl (C=O) groups excluding carboxylic acids is 2. The highest BCUT2D eigenvalue weighted by molar-refractivity contribution is 7.99. The minimum absolute atomic E-state index is 0.141. The third kappa shape index (κ3) is 2.55. The first-order chi connectivity index (χ1) is 12.7. The SMILES string of the molecule is O=C([C@@H]1[C@@H]2C=C[C@@]3(CN(C4CCCCCC4)C(=O)[C@H]13)O2)N1CCSCC1. The molecule has 2 bridgehead atoms. The highest BCUT2D eigenvalue weighted by Gasteiger charge is 2.67. The second-order valence-electron chi connectivity index (χ2n) is 8.45. The van der Waals surface area contributed by atoms with Crippen LogP contribution in [0.3, 0.4) is 0 Å². The molecule has 0 aromatic rings. The van der Waals surface area contributed by atoms with Crippen molar-refractivity contribution in [3.8, 4) is 0 Å². The van der Waals surface area contributed by atoms with Crippen LogP contribution < -0.4 is 0 Å². The van der Waals surface area contributed by atoms with Gasteiger partial charge in [-0.2, -0.15) is 11.8 Å². The lowest BCUT2D eigenvalue weighted by Gasteiger charge is -2.33. The zero-order chi connectivity index (χ0) is 17.7. The van der Waals surface area contributed by atoms with Crippen molar-refractivity contribution in [1.29, 1.82) is 0 Å². The van der Waals surface area contributed by atoms with Gasteiger partial charge < -0.3 is 14.5 Å². The Morgan fingerprint density at radius 2 is 1.88 bits per heavy atom. The molecule has 6 heteroatoms. The molecule has 0 unspecified atom stereocenters. The predicted molar refractivity (Wildman–Crippen MR) is 101 cm³/mol. The van der Waals surface area contributed by atoms with E-state index in [1.54, 1.807) is 0 Å². The fourth-order valence-corrected chi connectivity index (χ4v) is 6.59. The molecule has 0 N–H and O–H groups in total. The number of hydrogen-bond acceptors (Lipinski definition) is 4. The Morgan fingerprint density at radius 1 is 1.15 bits per heavy atom. The van der Waals surface area contributed by atoms with Crippen LogP contribution in [-0.2, 0) is 14.3 Å². The summed E-state index contributed by atoms with van der Waals surface area (Å²) in [5.41, 5.74) is -0.543. The van der Waals surface area contributed by atoms with E-state index < -0.39 is 5.60 Å². The number of fused-ring (bicyclic) bond motifs is 1. The number of hydrogen-bond donors (Lipinski definition) is 0. The second-order valence-corrected chi connectivity index (χ2v) is 9.67. The summed E-state index contributed by atoms with van der Waals surface area (Å²) in [6, 6.07) is 0.336. The largest absolute Gasteiger partial charge is 0.360 e. The second kappa shape index (κ2) is 6.55. The van der Waals surface area contributed by atoms with Crippen LogP contribution in [0.4, 0.5) is 0 Å². The van der Waals surface area contributed by atoms with Crippen molar-refractivity contribution >= 4 is 23.6 Å². The molecule has 26 heavy (non-hydrogen) atoms. The lowest BCUT2D eigenvalue weighted by Crippen LogP contribution is -2.48. The summed E-state index contributed by atoms with van der Waals surface area (Å²) in [6.45, 7) is 2.25. The maximum absolute atomic E-state index is 13.4. The Morgan fingerprint density at radius 3 is 2.62 bits per heavy atom. The minimum atomic E-state index is -0.543. The quantitative estimate of drug-likeness (QED) is 0.547. The Balaban J connectivity index is 1.39. The molecule has 5 rings (SSSR count). The van der Waals surface area contributed by atoms with Gasteiger partial charge in [0.05, 0.1) is 24.5 Å². The van der Waals surface area contributed by atoms with Crippen LogP contribution in [0.15, 0.2) is 12.2 Å². The van der Waals surface area contributed by atoms with E-state index in [1.807, 2.05) is 22.7 Å². The van der Waals surface area contributed by atoms with Gasteiger partial charge in [0.1, 0.15) is 5.60 Å². The van der Waals surface area contributed by atoms with Crippen molar-refractivity contribution in [3.05, 3.63) is 12.2 Å². The van der Waals surface area contributed by atoms with E-state index in [1.165, 1.54) is 25.7 Å². The van der Waals surface area contributed by atoms with Gasteiger partial charge in [-0.3, -0.25) is 9.59 Å². The number of nitrogens with zero attached hydrogens (tertiary/aromatic N) is 2. The van der Waals surface area contributed by atoms with Crippen molar-refractivity contribution in [2.45, 2.75) is 56.3 Å². The average Bonchev–Trinajstić information content (AvgIpc) is 3.22. The summed E-state index contributed by atoms with van der Waals surface area (Å²) in [6.07, 6.45) is 11.1. The maximum atomic E-state index is 13.4. The minimum Gasteiger partial charge on any atom is -0.360 e. The maximum Gasteiger partial charge on any atom is 0.230 e. The Bertz CT molecular complexity index is 625. The van der Waals surface area contributed by atoms with Crippen molar-refractivity contribution in [1.82, 2.24) is 9.80 Å². The molecule has 5 aliphatic rings. The zero-order valence-corrected chi connectivity index (χ0v) is 16.1. The average molecular weight is 377 g/mol. The monoisotopic (exact) mass is 376 g/mol. The molecule has 0 aromatic carbocycles. The molecule has 142 valence electrons. The lowest BCUT2D eigenvalue weighted by atomic mass is 9.76. The Labute approximate surface area is 159 Å². The van der Waals surface area contributed by atoms with Crippen LogP contribution in [0.2, 0.25) is 0 Å². The molecule has 4 fully saturated rings. The zero-order valence-electron chi connectivity index (χ0n) is 15.3. The van der Waals surface area contributed by atoms with E-state index in [-0.39, 0.29) is 29.8 Å². The normalized spacial score (nSPS) is 40.2. The molecule has 2 amide bonds. The van der Waals surface area contributed by atoms with Crippen molar-refractivity contribution in [2.24, 2.45) is 11.8 Å². The summed E-state index contributed by atoms with van der Waals surface area (Å²) in [5, 5.41) is 0. The van der Waals surface area contributed by atoms with Crippen LogP contribution in [0, 0.1) is 11.8 Å².